The topological polar surface area (TPSA) is 57.5 Å². The van der Waals surface area contributed by atoms with Crippen molar-refractivity contribution in [2.75, 3.05) is 0 Å². The van der Waals surface area contributed by atoms with E-state index in [-0.39, 0.29) is 6.42 Å². The molecule has 0 fully saturated rings. The second-order valence-electron chi connectivity index (χ2n) is 3.23. The first-order valence-corrected chi connectivity index (χ1v) is 4.62. The molecule has 3 heteroatoms. The molecule has 1 aromatic rings. The summed E-state index contributed by atoms with van der Waals surface area (Å²) in [6.07, 6.45) is -0.177. The van der Waals surface area contributed by atoms with Gasteiger partial charge in [0.2, 0.25) is 0 Å². The predicted molar refractivity (Wildman–Crippen MR) is 53.2 cm³/mol. The standard InChI is InChI=1S/C11H14O3/c1-2-8-3-5-9(6-4-8)7-10(12)11(13)14/h3-6,10,12H,2,7H2,1H3,(H,13,14)/t10-/m1/s1. The van der Waals surface area contributed by atoms with Crippen molar-refractivity contribution < 1.29 is 15.0 Å². The predicted octanol–water partition coefficient (Wildman–Crippen LogP) is 1.24. The third-order valence-electron chi connectivity index (χ3n) is 2.15. The fraction of sp³-hybridized carbons (Fsp3) is 0.364. The maximum atomic E-state index is 10.4. The van der Waals surface area contributed by atoms with Gasteiger partial charge < -0.3 is 10.2 Å². The number of aryl methyl sites for hydroxylation is 1. The lowest BCUT2D eigenvalue weighted by molar-refractivity contribution is -0.146. The lowest BCUT2D eigenvalue weighted by Gasteiger charge is -2.05. The molecular formula is C11H14O3. The Hall–Kier alpha value is -1.35. The number of aliphatic hydroxyl groups excluding tert-OH is 1. The number of rotatable bonds is 4. The first-order valence-electron chi connectivity index (χ1n) is 4.62. The monoisotopic (exact) mass is 194 g/mol. The summed E-state index contributed by atoms with van der Waals surface area (Å²) in [4.78, 5) is 10.4. The van der Waals surface area contributed by atoms with E-state index in [2.05, 4.69) is 6.92 Å². The first kappa shape index (κ1) is 10.7. The number of carboxylic acids is 1. The number of aliphatic hydroxyl groups is 1. The molecule has 0 unspecified atom stereocenters. The Balaban J connectivity index is 2.64. The molecule has 0 heterocycles. The first-order chi connectivity index (χ1) is 6.63. The highest BCUT2D eigenvalue weighted by Crippen LogP contribution is 2.07. The third-order valence-corrected chi connectivity index (χ3v) is 2.15. The van der Waals surface area contributed by atoms with Crippen molar-refractivity contribution in [3.05, 3.63) is 35.4 Å². The van der Waals surface area contributed by atoms with Gasteiger partial charge in [0.1, 0.15) is 0 Å². The Bertz CT molecular complexity index is 303. The quantitative estimate of drug-likeness (QED) is 0.758. The zero-order chi connectivity index (χ0) is 10.6. The van der Waals surface area contributed by atoms with E-state index in [1.807, 2.05) is 24.3 Å². The van der Waals surface area contributed by atoms with Gasteiger partial charge in [0.25, 0.3) is 0 Å². The van der Waals surface area contributed by atoms with Crippen LogP contribution in [-0.4, -0.2) is 22.3 Å². The zero-order valence-corrected chi connectivity index (χ0v) is 8.10. The van der Waals surface area contributed by atoms with Crippen LogP contribution in [-0.2, 0) is 17.6 Å². The second kappa shape index (κ2) is 4.77. The van der Waals surface area contributed by atoms with E-state index in [0.717, 1.165) is 12.0 Å². The molecule has 0 aromatic heterocycles. The van der Waals surface area contributed by atoms with E-state index in [1.165, 1.54) is 5.56 Å². The minimum atomic E-state index is -1.30. The van der Waals surface area contributed by atoms with Crippen LogP contribution in [0, 0.1) is 0 Å². The van der Waals surface area contributed by atoms with Crippen LogP contribution >= 0.6 is 0 Å². The highest BCUT2D eigenvalue weighted by atomic mass is 16.4. The van der Waals surface area contributed by atoms with Gasteiger partial charge in [-0.15, -0.1) is 0 Å². The van der Waals surface area contributed by atoms with E-state index in [1.54, 1.807) is 0 Å². The Morgan fingerprint density at radius 2 is 1.79 bits per heavy atom. The third kappa shape index (κ3) is 2.85. The molecule has 0 spiro atoms. The van der Waals surface area contributed by atoms with Gasteiger partial charge in [-0.25, -0.2) is 4.79 Å². The summed E-state index contributed by atoms with van der Waals surface area (Å²) >= 11 is 0. The summed E-state index contributed by atoms with van der Waals surface area (Å²) in [6.45, 7) is 2.06. The van der Waals surface area contributed by atoms with Crippen LogP contribution in [0.4, 0.5) is 0 Å². The van der Waals surface area contributed by atoms with Crippen LogP contribution in [0.5, 0.6) is 0 Å². The minimum absolute atomic E-state index is 0.166. The Kier molecular flexibility index (Phi) is 3.65. The molecule has 0 bridgehead atoms. The zero-order valence-electron chi connectivity index (χ0n) is 8.10. The van der Waals surface area contributed by atoms with E-state index < -0.39 is 12.1 Å². The van der Waals surface area contributed by atoms with Crippen LogP contribution in [0.1, 0.15) is 18.1 Å². The average molecular weight is 194 g/mol. The van der Waals surface area contributed by atoms with Crippen LogP contribution in [0.15, 0.2) is 24.3 Å². The van der Waals surface area contributed by atoms with Crippen molar-refractivity contribution in [1.82, 2.24) is 0 Å². The van der Waals surface area contributed by atoms with Gasteiger partial charge in [-0.1, -0.05) is 31.2 Å². The number of aliphatic carboxylic acids is 1. The van der Waals surface area contributed by atoms with Crippen molar-refractivity contribution in [1.29, 1.82) is 0 Å². The molecule has 0 radical (unpaired) electrons. The summed E-state index contributed by atoms with van der Waals surface area (Å²) in [5, 5.41) is 17.6. The minimum Gasteiger partial charge on any atom is -0.479 e. The molecule has 0 aliphatic rings. The summed E-state index contributed by atoms with van der Waals surface area (Å²) < 4.78 is 0. The van der Waals surface area contributed by atoms with Crippen LogP contribution < -0.4 is 0 Å². The highest BCUT2D eigenvalue weighted by Gasteiger charge is 2.13. The molecule has 0 saturated carbocycles. The smallest absolute Gasteiger partial charge is 0.332 e. The van der Waals surface area contributed by atoms with Crippen molar-refractivity contribution in [2.45, 2.75) is 25.9 Å². The van der Waals surface area contributed by atoms with E-state index >= 15 is 0 Å². The Labute approximate surface area is 83.0 Å². The maximum Gasteiger partial charge on any atom is 0.332 e. The molecular weight excluding hydrogens is 180 g/mol. The lowest BCUT2D eigenvalue weighted by Crippen LogP contribution is -2.21. The summed E-state index contributed by atoms with van der Waals surface area (Å²) in [7, 11) is 0. The highest BCUT2D eigenvalue weighted by molar-refractivity contribution is 5.72. The summed E-state index contributed by atoms with van der Waals surface area (Å²) in [6, 6.07) is 7.60. The lowest BCUT2D eigenvalue weighted by atomic mass is 10.1. The average Bonchev–Trinajstić information content (AvgIpc) is 2.19. The van der Waals surface area contributed by atoms with Crippen LogP contribution in [0.25, 0.3) is 0 Å². The Morgan fingerprint density at radius 1 is 1.29 bits per heavy atom. The molecule has 14 heavy (non-hydrogen) atoms. The van der Waals surface area contributed by atoms with Crippen molar-refractivity contribution in [3.63, 3.8) is 0 Å². The molecule has 0 amide bonds. The number of hydrogen-bond acceptors (Lipinski definition) is 2. The summed E-state index contributed by atoms with van der Waals surface area (Å²) in [5.41, 5.74) is 2.05. The van der Waals surface area contributed by atoms with Gasteiger partial charge in [0.05, 0.1) is 0 Å². The molecule has 1 aromatic carbocycles. The van der Waals surface area contributed by atoms with Gasteiger partial charge in [0, 0.05) is 6.42 Å². The van der Waals surface area contributed by atoms with E-state index in [0.29, 0.717) is 0 Å². The molecule has 0 aliphatic heterocycles. The van der Waals surface area contributed by atoms with Gasteiger partial charge in [0.15, 0.2) is 6.10 Å². The molecule has 1 atom stereocenters. The Morgan fingerprint density at radius 3 is 2.21 bits per heavy atom. The normalized spacial score (nSPS) is 12.4. The summed E-state index contributed by atoms with van der Waals surface area (Å²) in [5.74, 6) is -1.18. The number of hydrogen-bond donors (Lipinski definition) is 2. The van der Waals surface area contributed by atoms with E-state index in [4.69, 9.17) is 10.2 Å². The van der Waals surface area contributed by atoms with Gasteiger partial charge >= 0.3 is 5.97 Å². The fourth-order valence-electron chi connectivity index (χ4n) is 1.22. The van der Waals surface area contributed by atoms with Crippen molar-refractivity contribution >= 4 is 5.97 Å². The number of benzene rings is 1. The SMILES string of the molecule is CCc1ccc(C[C@@H](O)C(=O)O)cc1. The van der Waals surface area contributed by atoms with Gasteiger partial charge in [-0.05, 0) is 17.5 Å². The largest absolute Gasteiger partial charge is 0.479 e. The molecule has 1 rings (SSSR count). The number of carboxylic acid groups (broad SMARTS) is 1. The van der Waals surface area contributed by atoms with Crippen molar-refractivity contribution in [3.8, 4) is 0 Å². The molecule has 0 saturated heterocycles. The fourth-order valence-corrected chi connectivity index (χ4v) is 1.22. The van der Waals surface area contributed by atoms with Gasteiger partial charge in [-0.3, -0.25) is 0 Å². The maximum absolute atomic E-state index is 10.4. The van der Waals surface area contributed by atoms with Crippen LogP contribution in [0.3, 0.4) is 0 Å². The number of carbonyl (C=O) groups is 1. The second-order valence-corrected chi connectivity index (χ2v) is 3.23. The molecule has 3 nitrogen and oxygen atoms in total. The molecule has 76 valence electrons. The van der Waals surface area contributed by atoms with Gasteiger partial charge in [-0.2, -0.15) is 0 Å². The van der Waals surface area contributed by atoms with Crippen LogP contribution in [0.2, 0.25) is 0 Å². The molecule has 2 N–H and O–H groups in total. The van der Waals surface area contributed by atoms with Crippen molar-refractivity contribution in [2.24, 2.45) is 0 Å². The van der Waals surface area contributed by atoms with E-state index in [9.17, 15) is 4.79 Å². The molecule has 0 aliphatic carbocycles.